The predicted molar refractivity (Wildman–Crippen MR) is 301 cm³/mol. The van der Waals surface area contributed by atoms with Crippen molar-refractivity contribution in [1.82, 2.24) is 14.8 Å². The van der Waals surface area contributed by atoms with Gasteiger partial charge in [-0.05, 0) is 36.2 Å². The number of esters is 12. The first-order valence-corrected chi connectivity index (χ1v) is 27.7. The first-order chi connectivity index (χ1) is 43.9. The molecule has 500 valence electrons. The Morgan fingerprint density at radius 1 is 0.478 bits per heavy atom. The highest BCUT2D eigenvalue weighted by Gasteiger charge is 2.28. The van der Waals surface area contributed by atoms with Crippen LogP contribution in [0.3, 0.4) is 0 Å². The fourth-order valence-electron chi connectivity index (χ4n) is 7.80. The summed E-state index contributed by atoms with van der Waals surface area (Å²) in [6, 6.07) is 8.77. The minimum absolute atomic E-state index is 0.0115. The fraction of sp³-hybridized carbons (Fsp3) is 0.474. The molecule has 35 heteroatoms. The standard InChI is InChI=1S/C57H67N5O30/c1-35(63)80-29-76-15-16-79-51(70)24-59-11-13-60(14-12-59)50(69)10-8-41-7-9-43(61(25-52(71)86-30-81-36(2)64)26-53(72)87-31-82-37(3)65)46(19-41)77-17-18-78-47-20-42-21-48(56-58-23-49(92-56)57(75)90-34-85-40(6)68)91-45(42)22-44(47)62(27-54(73)88-32-83-38(4)66)28-55(74)89-33-84-39(5)67/h7,9,19-23H,8,10-18,24-34H2,1-6H3. The SMILES string of the molecule is CC(=O)OCOCCOC(=O)CN1CCN(C(=O)CCc2ccc(N(CC(=O)OCOC(C)=O)CC(=O)OCOC(C)=O)c(OCCOc3cc4cc(-c5ncc(C(=O)OCOC(C)=O)o5)oc4cc3N(CC(=O)OCOC(C)=O)CC(=O)OCOC(C)=O)c2)CC1. The maximum Gasteiger partial charge on any atom is 0.378 e. The zero-order chi connectivity index (χ0) is 67.1. The summed E-state index contributed by atoms with van der Waals surface area (Å²) in [6.07, 6.45) is 1.13. The number of rotatable bonds is 37. The lowest BCUT2D eigenvalue weighted by Crippen LogP contribution is -2.50. The molecule has 0 aliphatic carbocycles. The number of aryl methyl sites for hydroxylation is 1. The normalized spacial score (nSPS) is 11.8. The smallest absolute Gasteiger partial charge is 0.378 e. The van der Waals surface area contributed by atoms with Crippen molar-refractivity contribution in [2.45, 2.75) is 54.4 Å². The molecule has 4 aromatic rings. The van der Waals surface area contributed by atoms with Crippen LogP contribution in [0.5, 0.6) is 11.5 Å². The summed E-state index contributed by atoms with van der Waals surface area (Å²) < 4.78 is 88.0. The van der Waals surface area contributed by atoms with Gasteiger partial charge in [0.25, 0.3) is 5.89 Å². The number of furan rings is 1. The summed E-state index contributed by atoms with van der Waals surface area (Å²) in [5.41, 5.74) is 0.555. The van der Waals surface area contributed by atoms with Gasteiger partial charge in [0.2, 0.25) is 45.6 Å². The number of piperazine rings is 1. The van der Waals surface area contributed by atoms with E-state index >= 15 is 0 Å². The number of aromatic nitrogens is 1. The quantitative estimate of drug-likeness (QED) is 0.0265. The molecule has 1 fully saturated rings. The van der Waals surface area contributed by atoms with Gasteiger partial charge in [-0.3, -0.25) is 62.4 Å². The molecule has 5 rings (SSSR count). The Balaban J connectivity index is 1.45. The predicted octanol–water partition coefficient (Wildman–Crippen LogP) is 1.25. The number of amides is 1. The van der Waals surface area contributed by atoms with Gasteiger partial charge in [-0.2, -0.15) is 0 Å². The van der Waals surface area contributed by atoms with Gasteiger partial charge in [0.1, 0.15) is 63.1 Å². The van der Waals surface area contributed by atoms with Crippen molar-refractivity contribution in [2.75, 3.05) is 136 Å². The number of oxazole rings is 1. The Morgan fingerprint density at radius 3 is 1.47 bits per heavy atom. The maximum atomic E-state index is 13.7. The minimum Gasteiger partial charge on any atom is -0.488 e. The molecule has 2 aromatic heterocycles. The largest absolute Gasteiger partial charge is 0.488 e. The maximum absolute atomic E-state index is 13.7. The number of hydrogen-bond donors (Lipinski definition) is 0. The monoisotopic (exact) mass is 1300 g/mol. The fourth-order valence-corrected chi connectivity index (χ4v) is 7.80. The zero-order valence-electron chi connectivity index (χ0n) is 50.9. The Morgan fingerprint density at radius 2 is 0.957 bits per heavy atom. The summed E-state index contributed by atoms with van der Waals surface area (Å²) in [7, 11) is 0. The van der Waals surface area contributed by atoms with Crippen LogP contribution in [0.1, 0.15) is 64.1 Å². The Labute approximate surface area is 522 Å². The zero-order valence-corrected chi connectivity index (χ0v) is 50.9. The lowest BCUT2D eigenvalue weighted by molar-refractivity contribution is -0.167. The lowest BCUT2D eigenvalue weighted by atomic mass is 10.1. The summed E-state index contributed by atoms with van der Waals surface area (Å²) in [6.45, 7) is -0.0241. The molecular weight excluding hydrogens is 1230 g/mol. The molecule has 1 saturated heterocycles. The molecule has 35 nitrogen and oxygen atoms in total. The van der Waals surface area contributed by atoms with Gasteiger partial charge in [0.05, 0.1) is 30.7 Å². The third-order valence-electron chi connectivity index (χ3n) is 12.0. The van der Waals surface area contributed by atoms with Crippen molar-refractivity contribution >= 4 is 99.9 Å². The van der Waals surface area contributed by atoms with Crippen LogP contribution in [0, 0.1) is 0 Å². The first-order valence-electron chi connectivity index (χ1n) is 27.7. The van der Waals surface area contributed by atoms with E-state index in [-0.39, 0.29) is 110 Å². The van der Waals surface area contributed by atoms with E-state index in [1.807, 2.05) is 4.90 Å². The van der Waals surface area contributed by atoms with Gasteiger partial charge in [0.15, 0.2) is 12.6 Å². The molecular formula is C57H67N5O30. The van der Waals surface area contributed by atoms with Gasteiger partial charge in [0, 0.05) is 85.6 Å². The molecule has 3 heterocycles. The second-order valence-corrected chi connectivity index (χ2v) is 19.0. The number of hydrogen-bond acceptors (Lipinski definition) is 34. The number of ether oxygens (including phenoxy) is 15. The van der Waals surface area contributed by atoms with E-state index in [1.54, 1.807) is 11.0 Å². The van der Waals surface area contributed by atoms with E-state index in [0.717, 1.165) is 45.7 Å². The average Bonchev–Trinajstić information content (AvgIpc) is 1.59. The van der Waals surface area contributed by atoms with Crippen molar-refractivity contribution < 1.29 is 142 Å². The Hall–Kier alpha value is -10.6. The topological polar surface area (TPSA) is 412 Å². The van der Waals surface area contributed by atoms with Crippen LogP contribution >= 0.6 is 0 Å². The highest BCUT2D eigenvalue weighted by molar-refractivity contribution is 5.91. The number of anilines is 2. The van der Waals surface area contributed by atoms with Crippen molar-refractivity contribution in [2.24, 2.45) is 0 Å². The number of benzene rings is 2. The van der Waals surface area contributed by atoms with E-state index in [4.69, 9.17) is 70.4 Å². The molecule has 0 spiro atoms. The molecule has 0 N–H and O–H groups in total. The summed E-state index contributed by atoms with van der Waals surface area (Å²) in [4.78, 5) is 170. The summed E-state index contributed by atoms with van der Waals surface area (Å²) in [5.74, 6) is -11.0. The minimum atomic E-state index is -1.04. The molecule has 92 heavy (non-hydrogen) atoms. The van der Waals surface area contributed by atoms with Crippen LogP contribution < -0.4 is 19.3 Å². The molecule has 0 unspecified atom stereocenters. The molecule has 2 aromatic carbocycles. The summed E-state index contributed by atoms with van der Waals surface area (Å²) in [5, 5.41) is 0.271. The van der Waals surface area contributed by atoms with Gasteiger partial charge in [-0.1, -0.05) is 6.07 Å². The van der Waals surface area contributed by atoms with Crippen LogP contribution in [0.15, 0.2) is 51.4 Å². The van der Waals surface area contributed by atoms with E-state index < -0.39 is 144 Å². The Kier molecular flexibility index (Phi) is 29.4. The van der Waals surface area contributed by atoms with Crippen LogP contribution in [0.2, 0.25) is 0 Å². The second-order valence-electron chi connectivity index (χ2n) is 19.0. The Bertz CT molecular complexity index is 3190. The third-order valence-corrected chi connectivity index (χ3v) is 12.0. The van der Waals surface area contributed by atoms with Gasteiger partial charge >= 0.3 is 71.6 Å². The number of fused-ring (bicyclic) bond motifs is 1. The van der Waals surface area contributed by atoms with Crippen molar-refractivity contribution in [3.05, 3.63) is 53.9 Å². The van der Waals surface area contributed by atoms with Crippen LogP contribution in [-0.2, 0) is 126 Å². The van der Waals surface area contributed by atoms with E-state index in [1.165, 1.54) is 42.2 Å². The highest BCUT2D eigenvalue weighted by Crippen LogP contribution is 2.38. The van der Waals surface area contributed by atoms with Crippen molar-refractivity contribution in [3.8, 4) is 23.1 Å². The van der Waals surface area contributed by atoms with Gasteiger partial charge < -0.3 is 94.6 Å². The number of nitrogens with zero attached hydrogens (tertiary/aromatic N) is 5. The molecule has 1 aliphatic rings. The summed E-state index contributed by atoms with van der Waals surface area (Å²) >= 11 is 0. The third kappa shape index (κ3) is 26.2. The number of carbonyl (C=O) groups is 13. The molecule has 0 radical (unpaired) electrons. The lowest BCUT2D eigenvalue weighted by Gasteiger charge is -2.34. The van der Waals surface area contributed by atoms with Crippen LogP contribution in [0.25, 0.3) is 22.6 Å². The molecule has 0 atom stereocenters. The van der Waals surface area contributed by atoms with E-state index in [0.29, 0.717) is 18.7 Å². The highest BCUT2D eigenvalue weighted by atomic mass is 16.7. The van der Waals surface area contributed by atoms with Crippen LogP contribution in [-0.4, -0.2) is 218 Å². The van der Waals surface area contributed by atoms with E-state index in [2.05, 4.69) is 14.5 Å². The van der Waals surface area contributed by atoms with Crippen LogP contribution in [0.4, 0.5) is 11.4 Å². The molecule has 0 bridgehead atoms. The van der Waals surface area contributed by atoms with Crippen molar-refractivity contribution in [3.63, 3.8) is 0 Å². The molecule has 1 aliphatic heterocycles. The van der Waals surface area contributed by atoms with Gasteiger partial charge in [-0.15, -0.1) is 0 Å². The molecule has 1 amide bonds. The number of carbonyl (C=O) groups excluding carboxylic acids is 13. The second kappa shape index (κ2) is 37.4. The average molecular weight is 1300 g/mol. The van der Waals surface area contributed by atoms with Gasteiger partial charge in [-0.25, -0.2) is 9.78 Å². The van der Waals surface area contributed by atoms with E-state index in [9.17, 15) is 62.3 Å². The first kappa shape index (κ1) is 72.2. The molecule has 0 saturated carbocycles. The van der Waals surface area contributed by atoms with Crippen molar-refractivity contribution in [1.29, 1.82) is 0 Å².